The van der Waals surface area contributed by atoms with Crippen LogP contribution in [-0.2, 0) is 0 Å². The van der Waals surface area contributed by atoms with Gasteiger partial charge in [0.15, 0.2) is 5.96 Å². The van der Waals surface area contributed by atoms with E-state index in [0.717, 1.165) is 56.8 Å². The number of nitrogens with zero attached hydrogens (tertiary/aromatic N) is 3. The van der Waals surface area contributed by atoms with Crippen molar-refractivity contribution in [2.75, 3.05) is 45.8 Å². The van der Waals surface area contributed by atoms with Crippen LogP contribution in [0, 0.1) is 11.8 Å². The van der Waals surface area contributed by atoms with Gasteiger partial charge >= 0.3 is 0 Å². The van der Waals surface area contributed by atoms with Gasteiger partial charge in [0.1, 0.15) is 0 Å². The summed E-state index contributed by atoms with van der Waals surface area (Å²) in [5.74, 6) is 2.67. The van der Waals surface area contributed by atoms with Gasteiger partial charge in [-0.25, -0.2) is 0 Å². The highest BCUT2D eigenvalue weighted by Gasteiger charge is 2.23. The van der Waals surface area contributed by atoms with Gasteiger partial charge in [-0.15, -0.1) is 0 Å². The first-order valence-electron chi connectivity index (χ1n) is 9.52. The van der Waals surface area contributed by atoms with E-state index in [9.17, 15) is 5.11 Å². The van der Waals surface area contributed by atoms with Crippen molar-refractivity contribution < 1.29 is 5.11 Å². The minimum absolute atomic E-state index is 0.193. The predicted molar refractivity (Wildman–Crippen MR) is 96.8 cm³/mol. The van der Waals surface area contributed by atoms with Crippen molar-refractivity contribution in [1.82, 2.24) is 15.1 Å². The second-order valence-corrected chi connectivity index (χ2v) is 7.54. The Labute approximate surface area is 142 Å². The number of hydrogen-bond acceptors (Lipinski definition) is 3. The second-order valence-electron chi connectivity index (χ2n) is 7.54. The first-order chi connectivity index (χ1) is 11.1. The molecular formula is C18H36N4O. The molecule has 2 heterocycles. The maximum Gasteiger partial charge on any atom is 0.194 e. The summed E-state index contributed by atoms with van der Waals surface area (Å²) in [6.07, 6.45) is 4.42. The molecule has 2 aliphatic heterocycles. The highest BCUT2D eigenvalue weighted by molar-refractivity contribution is 5.80. The number of hydrogen-bond donors (Lipinski definition) is 2. The smallest absolute Gasteiger partial charge is 0.194 e. The normalized spacial score (nSPS) is 30.0. The van der Waals surface area contributed by atoms with Crippen LogP contribution in [-0.4, -0.2) is 72.8 Å². The van der Waals surface area contributed by atoms with E-state index in [1.54, 1.807) is 0 Å². The van der Waals surface area contributed by atoms with Crippen LogP contribution in [0.15, 0.2) is 4.99 Å². The third-order valence-electron chi connectivity index (χ3n) is 4.89. The summed E-state index contributed by atoms with van der Waals surface area (Å²) in [6, 6.07) is 0. The summed E-state index contributed by atoms with van der Waals surface area (Å²) < 4.78 is 0. The van der Waals surface area contributed by atoms with Crippen LogP contribution >= 0.6 is 0 Å². The van der Waals surface area contributed by atoms with E-state index in [4.69, 9.17) is 4.99 Å². The number of piperidine rings is 1. The van der Waals surface area contributed by atoms with Gasteiger partial charge in [-0.2, -0.15) is 0 Å². The summed E-state index contributed by atoms with van der Waals surface area (Å²) in [5, 5.41) is 13.0. The molecule has 0 bridgehead atoms. The average Bonchev–Trinajstić information content (AvgIpc) is 2.91. The van der Waals surface area contributed by atoms with Crippen LogP contribution < -0.4 is 5.32 Å². The van der Waals surface area contributed by atoms with E-state index >= 15 is 0 Å². The summed E-state index contributed by atoms with van der Waals surface area (Å²) in [6.45, 7) is 14.0. The fourth-order valence-electron chi connectivity index (χ4n) is 3.97. The molecule has 0 saturated carbocycles. The summed E-state index contributed by atoms with van der Waals surface area (Å²) in [7, 11) is 0. The Bertz CT molecular complexity index is 364. The molecule has 2 rings (SSSR count). The van der Waals surface area contributed by atoms with Crippen LogP contribution in [0.5, 0.6) is 0 Å². The fourth-order valence-corrected chi connectivity index (χ4v) is 3.97. The Kier molecular flexibility index (Phi) is 7.63. The van der Waals surface area contributed by atoms with Gasteiger partial charge < -0.3 is 20.2 Å². The number of rotatable bonds is 6. The van der Waals surface area contributed by atoms with Crippen molar-refractivity contribution in [2.45, 2.75) is 52.6 Å². The highest BCUT2D eigenvalue weighted by atomic mass is 16.3. The van der Waals surface area contributed by atoms with E-state index < -0.39 is 0 Å². The lowest BCUT2D eigenvalue weighted by molar-refractivity contribution is 0.139. The fraction of sp³-hybridized carbons (Fsp3) is 0.944. The van der Waals surface area contributed by atoms with Crippen LogP contribution in [0.3, 0.4) is 0 Å². The minimum Gasteiger partial charge on any atom is -0.391 e. The Morgan fingerprint density at radius 3 is 2.52 bits per heavy atom. The van der Waals surface area contributed by atoms with Gasteiger partial charge in [0, 0.05) is 39.3 Å². The first-order valence-corrected chi connectivity index (χ1v) is 9.52. The molecule has 5 nitrogen and oxygen atoms in total. The number of guanidine groups is 1. The number of aliphatic hydroxyl groups excluding tert-OH is 1. The molecule has 5 heteroatoms. The number of likely N-dealkylation sites (tertiary alicyclic amines) is 2. The van der Waals surface area contributed by atoms with E-state index in [1.165, 1.54) is 32.5 Å². The molecule has 23 heavy (non-hydrogen) atoms. The highest BCUT2D eigenvalue weighted by Crippen LogP contribution is 2.21. The van der Waals surface area contributed by atoms with Crippen LogP contribution in [0.2, 0.25) is 0 Å². The summed E-state index contributed by atoms with van der Waals surface area (Å²) in [4.78, 5) is 9.56. The van der Waals surface area contributed by atoms with Crippen molar-refractivity contribution in [3.05, 3.63) is 0 Å². The molecule has 0 radical (unpaired) electrons. The molecule has 0 amide bonds. The molecule has 0 aromatic carbocycles. The quantitative estimate of drug-likeness (QED) is 0.444. The molecule has 0 aromatic rings. The van der Waals surface area contributed by atoms with Crippen molar-refractivity contribution in [3.63, 3.8) is 0 Å². The largest absolute Gasteiger partial charge is 0.391 e. The van der Waals surface area contributed by atoms with Crippen LogP contribution in [0.1, 0.15) is 46.5 Å². The topological polar surface area (TPSA) is 51.1 Å². The lowest BCUT2D eigenvalue weighted by atomic mass is 9.92. The Morgan fingerprint density at radius 2 is 1.91 bits per heavy atom. The van der Waals surface area contributed by atoms with Gasteiger partial charge in [-0.3, -0.25) is 4.99 Å². The number of β-amino-alcohol motifs (C(OH)–C–C–N with tert-alkyl or cyclic N) is 1. The van der Waals surface area contributed by atoms with Gasteiger partial charge in [0.25, 0.3) is 0 Å². The van der Waals surface area contributed by atoms with Gasteiger partial charge in [-0.05, 0) is 51.0 Å². The monoisotopic (exact) mass is 324 g/mol. The van der Waals surface area contributed by atoms with Crippen molar-refractivity contribution in [3.8, 4) is 0 Å². The van der Waals surface area contributed by atoms with Gasteiger partial charge in [0.05, 0.1) is 6.10 Å². The molecule has 134 valence electrons. The third-order valence-corrected chi connectivity index (χ3v) is 4.89. The zero-order valence-electron chi connectivity index (χ0n) is 15.3. The molecule has 0 aromatic heterocycles. The van der Waals surface area contributed by atoms with Crippen molar-refractivity contribution >= 4 is 5.96 Å². The molecule has 2 fully saturated rings. The standard InChI is InChI=1S/C18H36N4O/c1-4-19-18(22-10-7-17(23)14-22)20-8-5-6-9-21-12-15(2)11-16(3)13-21/h15-17,23H,4-14H2,1-3H3,(H,19,20)/t15?,16?,17-/m1/s1. The average molecular weight is 325 g/mol. The van der Waals surface area contributed by atoms with E-state index in [1.807, 2.05) is 0 Å². The molecular weight excluding hydrogens is 288 g/mol. The summed E-state index contributed by atoms with van der Waals surface area (Å²) >= 11 is 0. The third kappa shape index (κ3) is 6.30. The number of nitrogens with one attached hydrogen (secondary N) is 1. The zero-order chi connectivity index (χ0) is 16.7. The predicted octanol–water partition coefficient (Wildman–Crippen LogP) is 1.78. The maximum atomic E-state index is 9.68. The lowest BCUT2D eigenvalue weighted by Crippen LogP contribution is -2.40. The molecule has 2 N–H and O–H groups in total. The van der Waals surface area contributed by atoms with Gasteiger partial charge in [-0.1, -0.05) is 13.8 Å². The van der Waals surface area contributed by atoms with E-state index in [2.05, 4.69) is 35.9 Å². The molecule has 2 aliphatic rings. The second kappa shape index (κ2) is 9.48. The lowest BCUT2D eigenvalue weighted by Gasteiger charge is -2.34. The van der Waals surface area contributed by atoms with Crippen LogP contribution in [0.25, 0.3) is 0 Å². The Hall–Kier alpha value is -0.810. The molecule has 2 unspecified atom stereocenters. The molecule has 2 saturated heterocycles. The zero-order valence-corrected chi connectivity index (χ0v) is 15.3. The number of unbranched alkanes of at least 4 members (excludes halogenated alkanes) is 1. The van der Waals surface area contributed by atoms with Gasteiger partial charge in [0.2, 0.25) is 0 Å². The maximum absolute atomic E-state index is 9.68. The Morgan fingerprint density at radius 1 is 1.17 bits per heavy atom. The molecule has 0 spiro atoms. The van der Waals surface area contributed by atoms with E-state index in [0.29, 0.717) is 0 Å². The number of aliphatic imine (C=N–C) groups is 1. The van der Waals surface area contributed by atoms with Crippen molar-refractivity contribution in [1.29, 1.82) is 0 Å². The SMILES string of the molecule is CCNC(=NCCCCN1CC(C)CC(C)C1)N1CC[C@@H](O)C1. The molecule has 0 aliphatic carbocycles. The minimum atomic E-state index is -0.193. The van der Waals surface area contributed by atoms with Crippen LogP contribution in [0.4, 0.5) is 0 Å². The molecule has 3 atom stereocenters. The van der Waals surface area contributed by atoms with E-state index in [-0.39, 0.29) is 6.10 Å². The number of aliphatic hydroxyl groups is 1. The summed E-state index contributed by atoms with van der Waals surface area (Å²) in [5.41, 5.74) is 0. The Balaban J connectivity index is 1.67. The first kappa shape index (κ1) is 18.5. The van der Waals surface area contributed by atoms with Crippen molar-refractivity contribution in [2.24, 2.45) is 16.8 Å².